The van der Waals surface area contributed by atoms with Crippen molar-refractivity contribution in [2.24, 2.45) is 5.92 Å². The number of aliphatic hydroxyl groups is 1. The van der Waals surface area contributed by atoms with Gasteiger partial charge in [-0.15, -0.1) is 0 Å². The van der Waals surface area contributed by atoms with Gasteiger partial charge in [0, 0.05) is 12.6 Å². The molecule has 0 aliphatic heterocycles. The first-order chi connectivity index (χ1) is 5.63. The van der Waals surface area contributed by atoms with Crippen LogP contribution in [-0.2, 0) is 0 Å². The number of hydrogen-bond donors (Lipinski definition) is 1. The van der Waals surface area contributed by atoms with Crippen molar-refractivity contribution in [1.29, 1.82) is 0 Å². The highest BCUT2D eigenvalue weighted by Crippen LogP contribution is 2.28. The van der Waals surface area contributed by atoms with E-state index in [0.29, 0.717) is 6.04 Å². The molecule has 1 atom stereocenters. The van der Waals surface area contributed by atoms with Gasteiger partial charge in [0.25, 0.3) is 0 Å². The summed E-state index contributed by atoms with van der Waals surface area (Å²) in [6.07, 6.45) is 3.24. The first-order valence-electron chi connectivity index (χ1n) is 5.01. The van der Waals surface area contributed by atoms with E-state index in [0.717, 1.165) is 25.3 Å². The summed E-state index contributed by atoms with van der Waals surface area (Å²) < 4.78 is 0. The quantitative estimate of drug-likeness (QED) is 0.692. The van der Waals surface area contributed by atoms with E-state index in [1.807, 2.05) is 0 Å². The van der Waals surface area contributed by atoms with Crippen molar-refractivity contribution >= 4 is 0 Å². The minimum atomic E-state index is 0.000308. The van der Waals surface area contributed by atoms with Crippen molar-refractivity contribution in [2.45, 2.75) is 45.3 Å². The normalized spacial score (nSPS) is 31.8. The van der Waals surface area contributed by atoms with Crippen LogP contribution in [0.25, 0.3) is 0 Å². The second kappa shape index (κ2) is 4.24. The smallest absolute Gasteiger partial charge is 0.0546 e. The monoisotopic (exact) mass is 171 g/mol. The molecule has 1 aliphatic rings. The van der Waals surface area contributed by atoms with Crippen LogP contribution in [0.2, 0.25) is 0 Å². The standard InChI is InChI=1S/C10H21NO/c1-4-8(2)11(3)7-9-5-10(12)6-9/h8-10,12H,4-7H2,1-3H3. The Hall–Kier alpha value is -0.0800. The predicted octanol–water partition coefficient (Wildman–Crippen LogP) is 1.49. The lowest BCUT2D eigenvalue weighted by Gasteiger charge is -2.36. The van der Waals surface area contributed by atoms with Crippen molar-refractivity contribution in [3.63, 3.8) is 0 Å². The Labute approximate surface area is 75.6 Å². The van der Waals surface area contributed by atoms with E-state index in [1.54, 1.807) is 0 Å². The zero-order valence-electron chi connectivity index (χ0n) is 8.45. The van der Waals surface area contributed by atoms with E-state index >= 15 is 0 Å². The van der Waals surface area contributed by atoms with Crippen LogP contribution >= 0.6 is 0 Å². The van der Waals surface area contributed by atoms with Crippen LogP contribution in [0, 0.1) is 5.92 Å². The highest BCUT2D eigenvalue weighted by Gasteiger charge is 2.28. The van der Waals surface area contributed by atoms with Gasteiger partial charge >= 0.3 is 0 Å². The third-order valence-corrected chi connectivity index (χ3v) is 3.10. The van der Waals surface area contributed by atoms with E-state index in [9.17, 15) is 0 Å². The van der Waals surface area contributed by atoms with Crippen molar-refractivity contribution in [3.05, 3.63) is 0 Å². The summed E-state index contributed by atoms with van der Waals surface area (Å²) in [5, 5.41) is 9.11. The first kappa shape index (κ1) is 10.0. The van der Waals surface area contributed by atoms with Gasteiger partial charge in [-0.3, -0.25) is 0 Å². The van der Waals surface area contributed by atoms with Crippen LogP contribution in [0.5, 0.6) is 0 Å². The average Bonchev–Trinajstić information content (AvgIpc) is 2.00. The fourth-order valence-corrected chi connectivity index (χ4v) is 1.75. The van der Waals surface area contributed by atoms with Gasteiger partial charge in [-0.05, 0) is 39.2 Å². The second-order valence-electron chi connectivity index (χ2n) is 4.19. The fourth-order valence-electron chi connectivity index (χ4n) is 1.75. The summed E-state index contributed by atoms with van der Waals surface area (Å²) in [6, 6.07) is 0.683. The Morgan fingerprint density at radius 1 is 1.50 bits per heavy atom. The van der Waals surface area contributed by atoms with Gasteiger partial charge in [0.15, 0.2) is 0 Å². The molecule has 0 aromatic carbocycles. The lowest BCUT2D eigenvalue weighted by atomic mass is 9.82. The predicted molar refractivity (Wildman–Crippen MR) is 51.1 cm³/mol. The van der Waals surface area contributed by atoms with E-state index in [4.69, 9.17) is 5.11 Å². The molecule has 0 heterocycles. The summed E-state index contributed by atoms with van der Waals surface area (Å²) >= 11 is 0. The Kier molecular flexibility index (Phi) is 3.53. The maximum Gasteiger partial charge on any atom is 0.0546 e. The van der Waals surface area contributed by atoms with Crippen molar-refractivity contribution < 1.29 is 5.11 Å². The molecule has 12 heavy (non-hydrogen) atoms. The second-order valence-corrected chi connectivity index (χ2v) is 4.19. The molecule has 0 spiro atoms. The van der Waals surface area contributed by atoms with Crippen LogP contribution < -0.4 is 0 Å². The molecule has 1 unspecified atom stereocenters. The Morgan fingerprint density at radius 2 is 2.08 bits per heavy atom. The maximum absolute atomic E-state index is 9.11. The molecule has 2 nitrogen and oxygen atoms in total. The van der Waals surface area contributed by atoms with E-state index < -0.39 is 0 Å². The lowest BCUT2D eigenvalue weighted by molar-refractivity contribution is 0.0229. The molecular weight excluding hydrogens is 150 g/mol. The minimum Gasteiger partial charge on any atom is -0.393 e. The number of nitrogens with zero attached hydrogens (tertiary/aromatic N) is 1. The fraction of sp³-hybridized carbons (Fsp3) is 1.00. The zero-order valence-corrected chi connectivity index (χ0v) is 8.45. The molecule has 0 amide bonds. The summed E-state index contributed by atoms with van der Waals surface area (Å²) in [5.74, 6) is 0.749. The van der Waals surface area contributed by atoms with Crippen LogP contribution in [0.15, 0.2) is 0 Å². The third kappa shape index (κ3) is 2.46. The number of hydrogen-bond acceptors (Lipinski definition) is 2. The average molecular weight is 171 g/mol. The van der Waals surface area contributed by atoms with Crippen LogP contribution in [-0.4, -0.2) is 35.7 Å². The van der Waals surface area contributed by atoms with Gasteiger partial charge < -0.3 is 10.0 Å². The molecule has 0 bridgehead atoms. The van der Waals surface area contributed by atoms with E-state index in [-0.39, 0.29) is 6.10 Å². The van der Waals surface area contributed by atoms with Crippen LogP contribution in [0.3, 0.4) is 0 Å². The maximum atomic E-state index is 9.11. The number of rotatable bonds is 4. The van der Waals surface area contributed by atoms with Gasteiger partial charge in [-0.2, -0.15) is 0 Å². The molecule has 0 saturated heterocycles. The van der Waals surface area contributed by atoms with Gasteiger partial charge in [-0.25, -0.2) is 0 Å². The molecule has 72 valence electrons. The summed E-state index contributed by atoms with van der Waals surface area (Å²) in [6.45, 7) is 5.64. The lowest BCUT2D eigenvalue weighted by Crippen LogP contribution is -2.40. The molecule has 2 heteroatoms. The number of aliphatic hydroxyl groups excluding tert-OH is 1. The molecule has 1 fully saturated rings. The molecule has 0 radical (unpaired) electrons. The van der Waals surface area contributed by atoms with E-state index in [2.05, 4.69) is 25.8 Å². The molecule has 1 N–H and O–H groups in total. The highest BCUT2D eigenvalue weighted by atomic mass is 16.3. The molecule has 1 aliphatic carbocycles. The van der Waals surface area contributed by atoms with Crippen molar-refractivity contribution in [3.8, 4) is 0 Å². The van der Waals surface area contributed by atoms with Gasteiger partial charge in [0.1, 0.15) is 0 Å². The Morgan fingerprint density at radius 3 is 2.50 bits per heavy atom. The SMILES string of the molecule is CCC(C)N(C)CC1CC(O)C1. The Balaban J connectivity index is 2.14. The largest absolute Gasteiger partial charge is 0.393 e. The van der Waals surface area contributed by atoms with Crippen LogP contribution in [0.1, 0.15) is 33.1 Å². The van der Waals surface area contributed by atoms with Gasteiger partial charge in [-0.1, -0.05) is 6.92 Å². The Bertz CT molecular complexity index is 132. The van der Waals surface area contributed by atoms with Gasteiger partial charge in [0.2, 0.25) is 0 Å². The highest BCUT2D eigenvalue weighted by molar-refractivity contribution is 4.81. The van der Waals surface area contributed by atoms with Crippen molar-refractivity contribution in [2.75, 3.05) is 13.6 Å². The molecule has 0 aromatic rings. The molecular formula is C10H21NO. The summed E-state index contributed by atoms with van der Waals surface area (Å²) in [5.41, 5.74) is 0. The minimum absolute atomic E-state index is 0.000308. The third-order valence-electron chi connectivity index (χ3n) is 3.10. The van der Waals surface area contributed by atoms with Crippen LogP contribution in [0.4, 0.5) is 0 Å². The first-order valence-corrected chi connectivity index (χ1v) is 5.01. The zero-order chi connectivity index (χ0) is 9.14. The van der Waals surface area contributed by atoms with Crippen molar-refractivity contribution in [1.82, 2.24) is 4.90 Å². The molecule has 0 aromatic heterocycles. The van der Waals surface area contributed by atoms with E-state index in [1.165, 1.54) is 6.42 Å². The van der Waals surface area contributed by atoms with Gasteiger partial charge in [0.05, 0.1) is 6.10 Å². The summed E-state index contributed by atoms with van der Waals surface area (Å²) in [7, 11) is 2.18. The topological polar surface area (TPSA) is 23.5 Å². The summed E-state index contributed by atoms with van der Waals surface area (Å²) in [4.78, 5) is 2.40. The molecule has 1 saturated carbocycles. The molecule has 1 rings (SSSR count).